The van der Waals surface area contributed by atoms with Gasteiger partial charge in [-0.3, -0.25) is 19.0 Å². The van der Waals surface area contributed by atoms with Crippen molar-refractivity contribution in [2.75, 3.05) is 5.73 Å². The Kier molecular flexibility index (Phi) is 7.52. The molecule has 0 bridgehead atoms. The van der Waals surface area contributed by atoms with Crippen LogP contribution in [0.5, 0.6) is 0 Å². The lowest BCUT2D eigenvalue weighted by Crippen LogP contribution is -2.46. The maximum Gasteiger partial charge on any atom is 0.294 e. The number of carbonyl (C=O) groups is 2. The number of amides is 1. The van der Waals surface area contributed by atoms with Gasteiger partial charge in [-0.2, -0.15) is 0 Å². The zero-order valence-corrected chi connectivity index (χ0v) is 21.7. The van der Waals surface area contributed by atoms with Crippen LogP contribution >= 0.6 is 0 Å². The number of Topliss-reactive ketones (excluding diaryl/α,β-unsaturated/α-hetero) is 1. The summed E-state index contributed by atoms with van der Waals surface area (Å²) < 4.78 is 7.04. The van der Waals surface area contributed by atoms with Gasteiger partial charge in [-0.05, 0) is 30.9 Å². The Balaban J connectivity index is 1.56. The number of hydrogen-bond acceptors (Lipinski definition) is 8. The number of ketones is 1. The maximum atomic E-state index is 13.4. The van der Waals surface area contributed by atoms with E-state index in [1.165, 1.54) is 10.8 Å². The zero-order valence-electron chi connectivity index (χ0n) is 21.7. The zero-order chi connectivity index (χ0) is 27.4. The van der Waals surface area contributed by atoms with Gasteiger partial charge in [0.25, 0.3) is 11.4 Å². The fraction of sp³-hybridized carbons (Fsp3) is 0.286. The van der Waals surface area contributed by atoms with Crippen LogP contribution in [0, 0.1) is 5.92 Å². The van der Waals surface area contributed by atoms with E-state index in [1.807, 2.05) is 62.4 Å². The highest BCUT2D eigenvalue weighted by Gasteiger charge is 2.34. The lowest BCUT2D eigenvalue weighted by atomic mass is 9.85. The number of carbonyl (C=O) groups excluding carboxylic acids is 2. The topological polar surface area (TPSA) is 146 Å². The van der Waals surface area contributed by atoms with Crippen LogP contribution in [-0.4, -0.2) is 37.5 Å². The van der Waals surface area contributed by atoms with Gasteiger partial charge in [-0.1, -0.05) is 74.5 Å². The highest BCUT2D eigenvalue weighted by Crippen LogP contribution is 2.30. The number of nitrogens with zero attached hydrogens (tertiary/aromatic N) is 4. The van der Waals surface area contributed by atoms with Crippen molar-refractivity contribution >= 4 is 17.5 Å². The molecule has 0 radical (unpaired) electrons. The summed E-state index contributed by atoms with van der Waals surface area (Å²) in [6, 6.07) is 17.7. The van der Waals surface area contributed by atoms with E-state index in [-0.39, 0.29) is 30.1 Å². The van der Waals surface area contributed by atoms with E-state index in [2.05, 4.69) is 20.5 Å². The summed E-state index contributed by atoms with van der Waals surface area (Å²) in [5, 5.41) is 10.8. The number of benzene rings is 2. The fourth-order valence-corrected chi connectivity index (χ4v) is 4.08. The molecule has 0 aliphatic rings. The van der Waals surface area contributed by atoms with E-state index in [0.29, 0.717) is 11.3 Å². The summed E-state index contributed by atoms with van der Waals surface area (Å²) in [7, 11) is 0. The van der Waals surface area contributed by atoms with Gasteiger partial charge in [-0.25, -0.2) is 4.98 Å². The second kappa shape index (κ2) is 10.8. The molecule has 2 heterocycles. The first kappa shape index (κ1) is 26.5. The predicted octanol–water partition coefficient (Wildman–Crippen LogP) is 3.23. The first-order valence-corrected chi connectivity index (χ1v) is 12.2. The highest BCUT2D eigenvalue weighted by atomic mass is 16.4. The molecule has 3 N–H and O–H groups in total. The van der Waals surface area contributed by atoms with E-state index in [9.17, 15) is 14.4 Å². The van der Waals surface area contributed by atoms with E-state index in [1.54, 1.807) is 26.0 Å². The standard InChI is InChI=1S/C28H30N6O4/c1-17(2)22(23(36)25-32-33-27(38-25)28(3,4)19-13-9-6-10-14-19)31-21(35)16-34-20(15-30-24(29)26(34)37)18-11-7-5-8-12-18/h5-15,17,22H,16H2,1-4H3,(H2,29,30)(H,31,35)/t22-/m1/s1. The molecule has 0 saturated carbocycles. The third kappa shape index (κ3) is 5.39. The van der Waals surface area contributed by atoms with Crippen LogP contribution in [0.15, 0.2) is 76.1 Å². The highest BCUT2D eigenvalue weighted by molar-refractivity contribution is 5.98. The molecule has 0 spiro atoms. The number of hydrogen-bond donors (Lipinski definition) is 2. The Morgan fingerprint density at radius 1 is 1.03 bits per heavy atom. The monoisotopic (exact) mass is 514 g/mol. The van der Waals surface area contributed by atoms with Crippen LogP contribution in [0.2, 0.25) is 0 Å². The SMILES string of the molecule is CC(C)[C@@H](NC(=O)Cn1c(-c2ccccc2)cnc(N)c1=O)C(=O)c1nnc(C(C)(C)c2ccccc2)o1. The summed E-state index contributed by atoms with van der Waals surface area (Å²) in [5.41, 5.74) is 6.59. The molecule has 0 saturated heterocycles. The van der Waals surface area contributed by atoms with Gasteiger partial charge in [0, 0.05) is 0 Å². The number of aromatic nitrogens is 4. The lowest BCUT2D eigenvalue weighted by molar-refractivity contribution is -0.122. The third-order valence-electron chi connectivity index (χ3n) is 6.38. The quantitative estimate of drug-likeness (QED) is 0.324. The largest absolute Gasteiger partial charge is 0.417 e. The van der Waals surface area contributed by atoms with Crippen molar-refractivity contribution in [1.82, 2.24) is 25.1 Å². The van der Waals surface area contributed by atoms with Crippen molar-refractivity contribution in [1.29, 1.82) is 0 Å². The minimum atomic E-state index is -0.953. The second-order valence-corrected chi connectivity index (χ2v) is 9.84. The molecule has 10 nitrogen and oxygen atoms in total. The van der Waals surface area contributed by atoms with E-state index in [0.717, 1.165) is 5.56 Å². The Morgan fingerprint density at radius 2 is 1.66 bits per heavy atom. The molecule has 0 aliphatic heterocycles. The number of nitrogens with one attached hydrogen (secondary N) is 1. The van der Waals surface area contributed by atoms with Crippen LogP contribution in [0.25, 0.3) is 11.3 Å². The van der Waals surface area contributed by atoms with Gasteiger partial charge < -0.3 is 15.5 Å². The summed E-state index contributed by atoms with van der Waals surface area (Å²) >= 11 is 0. The molecule has 2 aromatic carbocycles. The smallest absolute Gasteiger partial charge is 0.294 e. The molecule has 1 atom stereocenters. The normalized spacial score (nSPS) is 12.3. The molecular weight excluding hydrogens is 484 g/mol. The average molecular weight is 515 g/mol. The molecule has 0 aliphatic carbocycles. The van der Waals surface area contributed by atoms with Gasteiger partial charge in [0.2, 0.25) is 17.6 Å². The first-order chi connectivity index (χ1) is 18.1. The van der Waals surface area contributed by atoms with Crippen molar-refractivity contribution in [2.45, 2.75) is 45.7 Å². The summed E-state index contributed by atoms with van der Waals surface area (Å²) in [4.78, 5) is 43.2. The van der Waals surface area contributed by atoms with Crippen LogP contribution in [0.1, 0.15) is 49.8 Å². The Hall–Kier alpha value is -4.60. The number of nitrogens with two attached hydrogens (primary N) is 1. The summed E-state index contributed by atoms with van der Waals surface area (Å²) in [6.07, 6.45) is 1.44. The average Bonchev–Trinajstić information content (AvgIpc) is 3.42. The van der Waals surface area contributed by atoms with Crippen LogP contribution in [0.4, 0.5) is 5.82 Å². The van der Waals surface area contributed by atoms with Gasteiger partial charge in [0.15, 0.2) is 5.82 Å². The molecule has 196 valence electrons. The summed E-state index contributed by atoms with van der Waals surface area (Å²) in [6.45, 7) is 7.07. The number of rotatable bonds is 9. The Morgan fingerprint density at radius 3 is 2.29 bits per heavy atom. The van der Waals surface area contributed by atoms with E-state index < -0.39 is 28.7 Å². The molecule has 2 aromatic heterocycles. The van der Waals surface area contributed by atoms with Gasteiger partial charge in [0.1, 0.15) is 6.54 Å². The molecule has 10 heteroatoms. The van der Waals surface area contributed by atoms with Gasteiger partial charge in [0.05, 0.1) is 23.3 Å². The van der Waals surface area contributed by atoms with Gasteiger partial charge in [-0.15, -0.1) is 10.2 Å². The lowest BCUT2D eigenvalue weighted by Gasteiger charge is -2.21. The van der Waals surface area contributed by atoms with Crippen LogP contribution < -0.4 is 16.6 Å². The minimum absolute atomic E-state index is 0.196. The van der Waals surface area contributed by atoms with Crippen molar-refractivity contribution < 1.29 is 14.0 Å². The fourth-order valence-electron chi connectivity index (χ4n) is 4.08. The van der Waals surface area contributed by atoms with Crippen molar-refractivity contribution in [3.63, 3.8) is 0 Å². The van der Waals surface area contributed by atoms with Crippen molar-refractivity contribution in [3.05, 3.63) is 94.6 Å². The molecule has 38 heavy (non-hydrogen) atoms. The first-order valence-electron chi connectivity index (χ1n) is 12.2. The molecule has 0 unspecified atom stereocenters. The second-order valence-electron chi connectivity index (χ2n) is 9.84. The van der Waals surface area contributed by atoms with E-state index >= 15 is 0 Å². The van der Waals surface area contributed by atoms with Gasteiger partial charge >= 0.3 is 0 Å². The summed E-state index contributed by atoms with van der Waals surface area (Å²) in [5.74, 6) is -1.50. The van der Waals surface area contributed by atoms with Crippen molar-refractivity contribution in [2.24, 2.45) is 5.92 Å². The predicted molar refractivity (Wildman–Crippen MR) is 142 cm³/mol. The number of anilines is 1. The van der Waals surface area contributed by atoms with Crippen LogP contribution in [-0.2, 0) is 16.8 Å². The molecular formula is C28H30N6O4. The van der Waals surface area contributed by atoms with E-state index in [4.69, 9.17) is 10.2 Å². The molecule has 1 amide bonds. The molecule has 0 fully saturated rings. The minimum Gasteiger partial charge on any atom is -0.417 e. The number of nitrogen functional groups attached to an aromatic ring is 1. The Bertz CT molecular complexity index is 1490. The Labute approximate surface area is 219 Å². The van der Waals surface area contributed by atoms with Crippen LogP contribution in [0.3, 0.4) is 0 Å². The van der Waals surface area contributed by atoms with Crippen molar-refractivity contribution in [3.8, 4) is 11.3 Å². The third-order valence-corrected chi connectivity index (χ3v) is 6.38. The molecule has 4 rings (SSSR count). The maximum absolute atomic E-state index is 13.4. The molecule has 4 aromatic rings.